The summed E-state index contributed by atoms with van der Waals surface area (Å²) in [5.41, 5.74) is 1.71. The van der Waals surface area contributed by atoms with Crippen LogP contribution in [-0.4, -0.2) is 29.0 Å². The van der Waals surface area contributed by atoms with Gasteiger partial charge in [0, 0.05) is 11.9 Å². The molecule has 104 valence electrons. The van der Waals surface area contributed by atoms with E-state index in [1.54, 1.807) is 38.1 Å². The number of carbonyl (C=O) groups excluding carboxylic acids is 1. The van der Waals surface area contributed by atoms with Crippen molar-refractivity contribution in [3.63, 3.8) is 0 Å². The van der Waals surface area contributed by atoms with Gasteiger partial charge in [0.25, 0.3) is 5.56 Å². The highest BCUT2D eigenvalue weighted by Gasteiger charge is 2.11. The molecule has 0 saturated carbocycles. The molecule has 2 rings (SSSR count). The lowest BCUT2D eigenvalue weighted by atomic mass is 10.2. The molecule has 1 aromatic carbocycles. The summed E-state index contributed by atoms with van der Waals surface area (Å²) in [6, 6.07) is 6.83. The largest absolute Gasteiger partial charge is 0.462 e. The van der Waals surface area contributed by atoms with E-state index in [9.17, 15) is 9.59 Å². The number of ether oxygens (including phenoxy) is 1. The minimum Gasteiger partial charge on any atom is -0.462 e. The maximum absolute atomic E-state index is 11.8. The van der Waals surface area contributed by atoms with Crippen LogP contribution in [-0.2, 0) is 4.74 Å². The maximum Gasteiger partial charge on any atom is 0.340 e. The lowest BCUT2D eigenvalue weighted by Crippen LogP contribution is -2.06. The molecule has 0 amide bonds. The second-order valence-electron chi connectivity index (χ2n) is 4.11. The van der Waals surface area contributed by atoms with Crippen molar-refractivity contribution in [1.82, 2.24) is 10.2 Å². The van der Waals surface area contributed by atoms with Gasteiger partial charge in [-0.25, -0.2) is 4.79 Å². The molecule has 6 heteroatoms. The van der Waals surface area contributed by atoms with Crippen molar-refractivity contribution in [1.29, 1.82) is 0 Å². The first-order valence-electron chi connectivity index (χ1n) is 6.21. The zero-order valence-electron chi connectivity index (χ0n) is 11.3. The summed E-state index contributed by atoms with van der Waals surface area (Å²) in [4.78, 5) is 27.5. The molecule has 0 radical (unpaired) electrons. The number of aromatic amines is 2. The first-order valence-corrected chi connectivity index (χ1v) is 6.21. The molecule has 0 bridgehead atoms. The molecule has 1 heterocycles. The Bertz CT molecular complexity index is 698. The summed E-state index contributed by atoms with van der Waals surface area (Å²) in [5.74, 6) is -0.431. The third-order valence-electron chi connectivity index (χ3n) is 2.74. The van der Waals surface area contributed by atoms with Gasteiger partial charge in [-0.2, -0.15) is 0 Å². The Labute approximate surface area is 115 Å². The van der Waals surface area contributed by atoms with E-state index in [0.29, 0.717) is 29.1 Å². The predicted octanol–water partition coefficient (Wildman–Crippen LogP) is 1.94. The molecule has 20 heavy (non-hydrogen) atoms. The van der Waals surface area contributed by atoms with Crippen LogP contribution in [0.25, 0.3) is 0 Å². The second-order valence-corrected chi connectivity index (χ2v) is 4.11. The van der Waals surface area contributed by atoms with E-state index in [1.807, 2.05) is 0 Å². The van der Waals surface area contributed by atoms with Crippen LogP contribution in [0.4, 0.5) is 5.69 Å². The monoisotopic (exact) mass is 273 g/mol. The number of nitrogens with zero attached hydrogens (tertiary/aromatic N) is 1. The summed E-state index contributed by atoms with van der Waals surface area (Å²) in [7, 11) is 0. The van der Waals surface area contributed by atoms with E-state index < -0.39 is 5.97 Å². The highest BCUT2D eigenvalue weighted by molar-refractivity contribution is 5.96. The number of aliphatic imine (C=N–C) groups is 1. The Hall–Kier alpha value is -2.63. The van der Waals surface area contributed by atoms with Crippen molar-refractivity contribution in [3.05, 3.63) is 51.4 Å². The van der Waals surface area contributed by atoms with Gasteiger partial charge in [0.2, 0.25) is 0 Å². The van der Waals surface area contributed by atoms with Crippen LogP contribution in [0.3, 0.4) is 0 Å². The van der Waals surface area contributed by atoms with E-state index >= 15 is 0 Å². The molecule has 0 aliphatic rings. The van der Waals surface area contributed by atoms with Crippen LogP contribution in [0.2, 0.25) is 0 Å². The zero-order chi connectivity index (χ0) is 14.5. The van der Waals surface area contributed by atoms with E-state index in [1.165, 1.54) is 6.21 Å². The van der Waals surface area contributed by atoms with Gasteiger partial charge in [-0.3, -0.25) is 14.9 Å². The molecule has 0 saturated heterocycles. The lowest BCUT2D eigenvalue weighted by Gasteiger charge is -2.04. The molecule has 0 fully saturated rings. The topological polar surface area (TPSA) is 87.3 Å². The van der Waals surface area contributed by atoms with Crippen LogP contribution in [0.5, 0.6) is 0 Å². The molecule has 0 aliphatic heterocycles. The lowest BCUT2D eigenvalue weighted by molar-refractivity contribution is 0.0527. The normalized spacial score (nSPS) is 10.9. The van der Waals surface area contributed by atoms with Gasteiger partial charge in [-0.15, -0.1) is 0 Å². The summed E-state index contributed by atoms with van der Waals surface area (Å²) in [6.45, 7) is 3.80. The van der Waals surface area contributed by atoms with Gasteiger partial charge >= 0.3 is 5.97 Å². The van der Waals surface area contributed by atoms with Crippen LogP contribution in [0.1, 0.15) is 28.5 Å². The van der Waals surface area contributed by atoms with Crippen molar-refractivity contribution in [2.45, 2.75) is 13.8 Å². The number of hydrogen-bond acceptors (Lipinski definition) is 4. The van der Waals surface area contributed by atoms with Gasteiger partial charge in [0.05, 0.1) is 23.4 Å². The first kappa shape index (κ1) is 13.8. The van der Waals surface area contributed by atoms with Crippen molar-refractivity contribution in [2.24, 2.45) is 4.99 Å². The van der Waals surface area contributed by atoms with Gasteiger partial charge in [-0.1, -0.05) is 12.1 Å². The molecule has 0 spiro atoms. The average molecular weight is 273 g/mol. The highest BCUT2D eigenvalue weighted by atomic mass is 16.5. The number of aromatic nitrogens is 2. The third kappa shape index (κ3) is 2.85. The summed E-state index contributed by atoms with van der Waals surface area (Å²) < 4.78 is 4.97. The Kier molecular flexibility index (Phi) is 4.14. The Morgan fingerprint density at radius 3 is 2.75 bits per heavy atom. The number of carbonyl (C=O) groups is 1. The second kappa shape index (κ2) is 6.01. The van der Waals surface area contributed by atoms with Crippen molar-refractivity contribution in [2.75, 3.05) is 6.61 Å². The van der Waals surface area contributed by atoms with Crippen LogP contribution in [0, 0.1) is 6.92 Å². The Balaban J connectivity index is 2.35. The molecule has 0 atom stereocenters. The fourth-order valence-electron chi connectivity index (χ4n) is 1.71. The Morgan fingerprint density at radius 2 is 2.10 bits per heavy atom. The number of para-hydroxylation sites is 1. The summed E-state index contributed by atoms with van der Waals surface area (Å²) in [5, 5.41) is 5.18. The number of rotatable bonds is 4. The van der Waals surface area contributed by atoms with Crippen molar-refractivity contribution in [3.8, 4) is 0 Å². The van der Waals surface area contributed by atoms with Crippen LogP contribution >= 0.6 is 0 Å². The molecule has 2 aromatic rings. The van der Waals surface area contributed by atoms with Gasteiger partial charge in [0.15, 0.2) is 0 Å². The fourth-order valence-corrected chi connectivity index (χ4v) is 1.71. The molecule has 1 aromatic heterocycles. The van der Waals surface area contributed by atoms with Crippen LogP contribution < -0.4 is 5.56 Å². The number of aryl methyl sites for hydroxylation is 1. The van der Waals surface area contributed by atoms with E-state index in [0.717, 1.165) is 0 Å². The standard InChI is InChI=1S/C14H15N3O3/c1-3-20-14(19)10-6-4-5-7-12(10)15-8-11-9(2)16-17-13(11)18/h4-8H,3H2,1-2H3,(H2,16,17,18). The number of esters is 1. The Morgan fingerprint density at radius 1 is 1.35 bits per heavy atom. The van der Waals surface area contributed by atoms with E-state index in [4.69, 9.17) is 4.74 Å². The van der Waals surface area contributed by atoms with Crippen molar-refractivity contribution < 1.29 is 9.53 Å². The van der Waals surface area contributed by atoms with Gasteiger partial charge < -0.3 is 9.84 Å². The predicted molar refractivity (Wildman–Crippen MR) is 75.8 cm³/mol. The fraction of sp³-hybridized carbons (Fsp3) is 0.214. The van der Waals surface area contributed by atoms with Crippen molar-refractivity contribution >= 4 is 17.9 Å². The SMILES string of the molecule is CCOC(=O)c1ccccc1N=Cc1c(C)[nH][nH]c1=O. The van der Waals surface area contributed by atoms with Gasteiger partial charge in [-0.05, 0) is 26.0 Å². The number of benzene rings is 1. The molecule has 2 N–H and O–H groups in total. The number of H-pyrrole nitrogens is 2. The summed E-state index contributed by atoms with van der Waals surface area (Å²) in [6.07, 6.45) is 1.43. The molecular formula is C14H15N3O3. The third-order valence-corrected chi connectivity index (χ3v) is 2.74. The quantitative estimate of drug-likeness (QED) is 0.659. The molecule has 0 aliphatic carbocycles. The highest BCUT2D eigenvalue weighted by Crippen LogP contribution is 2.19. The number of hydrogen-bond donors (Lipinski definition) is 2. The average Bonchev–Trinajstić information content (AvgIpc) is 2.76. The molecular weight excluding hydrogens is 258 g/mol. The summed E-state index contributed by atoms with van der Waals surface area (Å²) >= 11 is 0. The minimum absolute atomic E-state index is 0.250. The van der Waals surface area contributed by atoms with Crippen LogP contribution in [0.15, 0.2) is 34.1 Å². The van der Waals surface area contributed by atoms with E-state index in [2.05, 4.69) is 15.2 Å². The molecule has 0 unspecified atom stereocenters. The first-order chi connectivity index (χ1) is 9.63. The maximum atomic E-state index is 11.8. The minimum atomic E-state index is -0.431. The zero-order valence-corrected chi connectivity index (χ0v) is 11.3. The van der Waals surface area contributed by atoms with Gasteiger partial charge in [0.1, 0.15) is 0 Å². The molecule has 6 nitrogen and oxygen atoms in total. The number of nitrogens with one attached hydrogen (secondary N) is 2. The smallest absolute Gasteiger partial charge is 0.340 e. The van der Waals surface area contributed by atoms with E-state index in [-0.39, 0.29) is 5.56 Å².